The van der Waals surface area contributed by atoms with Crippen LogP contribution in [0, 0.1) is 0 Å². The number of rotatable bonds is 5. The summed E-state index contributed by atoms with van der Waals surface area (Å²) in [6, 6.07) is 1.58. The Labute approximate surface area is 86.3 Å². The van der Waals surface area contributed by atoms with Gasteiger partial charge in [-0.25, -0.2) is 0 Å². The normalized spacial score (nSPS) is 11.3. The largest absolute Gasteiger partial charge is 0.409 e. The molecule has 0 radical (unpaired) electrons. The molecule has 1 amide bonds. The van der Waals surface area contributed by atoms with Gasteiger partial charge in [-0.05, 0) is 12.5 Å². The van der Waals surface area contributed by atoms with Crippen LogP contribution in [0.1, 0.15) is 23.3 Å². The number of nitrogens with one attached hydrogen (secondary N) is 2. The molecule has 0 spiro atoms. The molecule has 1 heterocycles. The van der Waals surface area contributed by atoms with Crippen molar-refractivity contribution < 1.29 is 10.0 Å². The van der Waals surface area contributed by atoms with E-state index in [1.165, 1.54) is 6.20 Å². The van der Waals surface area contributed by atoms with Gasteiger partial charge in [-0.2, -0.15) is 5.10 Å². The minimum absolute atomic E-state index is 0.158. The number of aromatic nitrogens is 2. The van der Waals surface area contributed by atoms with E-state index < -0.39 is 0 Å². The molecule has 0 aliphatic rings. The van der Waals surface area contributed by atoms with E-state index in [0.717, 1.165) is 0 Å². The maximum atomic E-state index is 11.3. The number of H-pyrrole nitrogens is 1. The van der Waals surface area contributed by atoms with Crippen LogP contribution in [0.4, 0.5) is 0 Å². The SMILES string of the molecule is NC(CCCNC(=O)c1ccn[nH]1)=NO. The topological polar surface area (TPSA) is 116 Å². The van der Waals surface area contributed by atoms with Gasteiger partial charge in [0, 0.05) is 19.2 Å². The number of nitrogens with two attached hydrogens (primary N) is 1. The Kier molecular flexibility index (Phi) is 4.14. The van der Waals surface area contributed by atoms with E-state index in [9.17, 15) is 4.79 Å². The number of amidine groups is 1. The Morgan fingerprint density at radius 2 is 2.53 bits per heavy atom. The van der Waals surface area contributed by atoms with Crippen molar-refractivity contribution >= 4 is 11.7 Å². The number of hydrogen-bond acceptors (Lipinski definition) is 4. The van der Waals surface area contributed by atoms with E-state index >= 15 is 0 Å². The molecule has 1 aromatic rings. The van der Waals surface area contributed by atoms with Crippen molar-refractivity contribution in [1.82, 2.24) is 15.5 Å². The van der Waals surface area contributed by atoms with Crippen molar-refractivity contribution in [3.63, 3.8) is 0 Å². The molecular weight excluding hydrogens is 198 g/mol. The van der Waals surface area contributed by atoms with Gasteiger partial charge in [-0.3, -0.25) is 9.89 Å². The fourth-order valence-corrected chi connectivity index (χ4v) is 0.999. The van der Waals surface area contributed by atoms with Crippen LogP contribution < -0.4 is 11.1 Å². The molecule has 0 aromatic carbocycles. The Balaban J connectivity index is 2.19. The fraction of sp³-hybridized carbons (Fsp3) is 0.375. The Hall–Kier alpha value is -2.05. The van der Waals surface area contributed by atoms with Crippen LogP contribution in [0.3, 0.4) is 0 Å². The van der Waals surface area contributed by atoms with E-state index in [2.05, 4.69) is 20.7 Å². The maximum absolute atomic E-state index is 11.3. The molecule has 15 heavy (non-hydrogen) atoms. The van der Waals surface area contributed by atoms with Gasteiger partial charge in [0.2, 0.25) is 0 Å². The van der Waals surface area contributed by atoms with Gasteiger partial charge in [-0.1, -0.05) is 5.16 Å². The summed E-state index contributed by atoms with van der Waals surface area (Å²) in [6.07, 6.45) is 2.57. The zero-order valence-electron chi connectivity index (χ0n) is 8.10. The predicted molar refractivity (Wildman–Crippen MR) is 53.6 cm³/mol. The van der Waals surface area contributed by atoms with E-state index in [1.807, 2.05) is 0 Å². The third kappa shape index (κ3) is 3.67. The van der Waals surface area contributed by atoms with Crippen LogP contribution in [0.15, 0.2) is 17.4 Å². The summed E-state index contributed by atoms with van der Waals surface area (Å²) in [5.41, 5.74) is 5.67. The lowest BCUT2D eigenvalue weighted by atomic mass is 10.3. The minimum Gasteiger partial charge on any atom is -0.409 e. The van der Waals surface area contributed by atoms with Gasteiger partial charge in [0.05, 0.1) is 0 Å². The molecule has 1 aromatic heterocycles. The van der Waals surface area contributed by atoms with Crippen LogP contribution in [0.25, 0.3) is 0 Å². The Morgan fingerprint density at radius 3 is 3.13 bits per heavy atom. The van der Waals surface area contributed by atoms with Crippen molar-refractivity contribution in [2.75, 3.05) is 6.54 Å². The first-order valence-corrected chi connectivity index (χ1v) is 4.48. The number of carbonyl (C=O) groups excluding carboxylic acids is 1. The highest BCUT2D eigenvalue weighted by Crippen LogP contribution is 1.92. The first-order chi connectivity index (χ1) is 7.24. The van der Waals surface area contributed by atoms with Crippen molar-refractivity contribution in [2.45, 2.75) is 12.8 Å². The minimum atomic E-state index is -0.216. The number of nitrogens with zero attached hydrogens (tertiary/aromatic N) is 2. The predicted octanol–water partition coefficient (Wildman–Crippen LogP) is -0.334. The van der Waals surface area contributed by atoms with Crippen LogP contribution in [-0.2, 0) is 0 Å². The summed E-state index contributed by atoms with van der Waals surface area (Å²) < 4.78 is 0. The first kappa shape index (κ1) is 11.0. The van der Waals surface area contributed by atoms with E-state index in [0.29, 0.717) is 25.1 Å². The lowest BCUT2D eigenvalue weighted by molar-refractivity contribution is 0.0948. The van der Waals surface area contributed by atoms with Gasteiger partial charge in [-0.15, -0.1) is 0 Å². The summed E-state index contributed by atoms with van der Waals surface area (Å²) in [6.45, 7) is 0.466. The molecule has 7 heteroatoms. The van der Waals surface area contributed by atoms with Gasteiger partial charge < -0.3 is 16.3 Å². The Morgan fingerprint density at radius 1 is 1.73 bits per heavy atom. The second-order valence-corrected chi connectivity index (χ2v) is 2.92. The van der Waals surface area contributed by atoms with E-state index in [4.69, 9.17) is 10.9 Å². The first-order valence-electron chi connectivity index (χ1n) is 4.48. The number of carbonyl (C=O) groups is 1. The standard InChI is InChI=1S/C8H13N5O2/c9-7(13-15)2-1-4-10-8(14)6-3-5-11-12-6/h3,5,15H,1-2,4H2,(H2,9,13)(H,10,14)(H,11,12). The van der Waals surface area contributed by atoms with Crippen LogP contribution >= 0.6 is 0 Å². The Bertz CT molecular complexity index is 333. The smallest absolute Gasteiger partial charge is 0.269 e. The summed E-state index contributed by atoms with van der Waals surface area (Å²) in [4.78, 5) is 11.3. The van der Waals surface area contributed by atoms with Gasteiger partial charge in [0.15, 0.2) is 0 Å². The van der Waals surface area contributed by atoms with Crippen LogP contribution in [-0.4, -0.2) is 33.7 Å². The maximum Gasteiger partial charge on any atom is 0.269 e. The van der Waals surface area contributed by atoms with Crippen LogP contribution in [0.5, 0.6) is 0 Å². The van der Waals surface area contributed by atoms with Crippen molar-refractivity contribution in [2.24, 2.45) is 10.9 Å². The highest BCUT2D eigenvalue weighted by atomic mass is 16.4. The highest BCUT2D eigenvalue weighted by Gasteiger charge is 2.04. The summed E-state index contributed by atoms with van der Waals surface area (Å²) >= 11 is 0. The highest BCUT2D eigenvalue weighted by molar-refractivity contribution is 5.92. The molecule has 0 saturated carbocycles. The molecule has 7 nitrogen and oxygen atoms in total. The average Bonchev–Trinajstić information content (AvgIpc) is 2.77. The van der Waals surface area contributed by atoms with Crippen molar-refractivity contribution in [3.05, 3.63) is 18.0 Å². The summed E-state index contributed by atoms with van der Waals surface area (Å²) in [5.74, 6) is -0.0576. The molecule has 0 unspecified atom stereocenters. The summed E-state index contributed by atoms with van der Waals surface area (Å²) in [7, 11) is 0. The molecular formula is C8H13N5O2. The van der Waals surface area contributed by atoms with Crippen molar-refractivity contribution in [1.29, 1.82) is 0 Å². The van der Waals surface area contributed by atoms with E-state index in [1.54, 1.807) is 6.07 Å². The fourth-order valence-electron chi connectivity index (χ4n) is 0.999. The van der Waals surface area contributed by atoms with Crippen LogP contribution in [0.2, 0.25) is 0 Å². The molecule has 0 aliphatic carbocycles. The molecule has 0 bridgehead atoms. The lowest BCUT2D eigenvalue weighted by Crippen LogP contribution is -2.25. The second-order valence-electron chi connectivity index (χ2n) is 2.92. The third-order valence-electron chi connectivity index (χ3n) is 1.77. The molecule has 0 atom stereocenters. The number of aromatic amines is 1. The quantitative estimate of drug-likeness (QED) is 0.175. The van der Waals surface area contributed by atoms with Crippen molar-refractivity contribution in [3.8, 4) is 0 Å². The second kappa shape index (κ2) is 5.63. The lowest BCUT2D eigenvalue weighted by Gasteiger charge is -2.02. The van der Waals surface area contributed by atoms with E-state index in [-0.39, 0.29) is 11.7 Å². The molecule has 0 aliphatic heterocycles. The average molecular weight is 211 g/mol. The molecule has 0 saturated heterocycles. The number of oxime groups is 1. The third-order valence-corrected chi connectivity index (χ3v) is 1.77. The zero-order valence-corrected chi connectivity index (χ0v) is 8.10. The van der Waals surface area contributed by atoms with Gasteiger partial charge >= 0.3 is 0 Å². The molecule has 82 valence electrons. The molecule has 1 rings (SSSR count). The molecule has 0 fully saturated rings. The van der Waals surface area contributed by atoms with Gasteiger partial charge in [0.1, 0.15) is 11.5 Å². The number of hydrogen-bond donors (Lipinski definition) is 4. The van der Waals surface area contributed by atoms with Gasteiger partial charge in [0.25, 0.3) is 5.91 Å². The monoisotopic (exact) mass is 211 g/mol. The summed E-state index contributed by atoms with van der Waals surface area (Å²) in [5, 5.41) is 19.9. The molecule has 5 N–H and O–H groups in total. The zero-order chi connectivity index (χ0) is 11.1. The number of amides is 1.